The van der Waals surface area contributed by atoms with Gasteiger partial charge in [0.15, 0.2) is 6.10 Å². The molecule has 3 heteroatoms. The van der Waals surface area contributed by atoms with Gasteiger partial charge in [0.25, 0.3) is 5.91 Å². The van der Waals surface area contributed by atoms with Crippen molar-refractivity contribution in [1.82, 2.24) is 5.32 Å². The number of hydrogen-bond acceptors (Lipinski definition) is 2. The SMILES string of the molecule is Cc1cccc(O[C@H](C)C(=O)NCC(C)C)c1. The zero-order chi connectivity index (χ0) is 12.8. The summed E-state index contributed by atoms with van der Waals surface area (Å²) in [6.45, 7) is 8.56. The largest absolute Gasteiger partial charge is 0.481 e. The topological polar surface area (TPSA) is 38.3 Å². The van der Waals surface area contributed by atoms with E-state index in [1.165, 1.54) is 0 Å². The molecule has 1 amide bonds. The minimum absolute atomic E-state index is 0.0693. The lowest BCUT2D eigenvalue weighted by atomic mass is 10.2. The summed E-state index contributed by atoms with van der Waals surface area (Å²) in [5.74, 6) is 1.11. The third-order valence-electron chi connectivity index (χ3n) is 2.36. The highest BCUT2D eigenvalue weighted by atomic mass is 16.5. The first-order chi connectivity index (χ1) is 7.99. The third-order valence-corrected chi connectivity index (χ3v) is 2.36. The van der Waals surface area contributed by atoms with E-state index in [-0.39, 0.29) is 5.91 Å². The molecule has 0 aliphatic heterocycles. The molecule has 0 aliphatic rings. The first-order valence-electron chi connectivity index (χ1n) is 6.00. The van der Waals surface area contributed by atoms with Crippen LogP contribution in [0.4, 0.5) is 0 Å². The Balaban J connectivity index is 2.48. The Morgan fingerprint density at radius 2 is 2.06 bits per heavy atom. The van der Waals surface area contributed by atoms with E-state index < -0.39 is 6.10 Å². The molecule has 0 aliphatic carbocycles. The number of carbonyl (C=O) groups is 1. The summed E-state index contributed by atoms with van der Waals surface area (Å²) in [7, 11) is 0. The molecule has 1 atom stereocenters. The molecule has 0 heterocycles. The van der Waals surface area contributed by atoms with Crippen molar-refractivity contribution in [1.29, 1.82) is 0 Å². The molecule has 17 heavy (non-hydrogen) atoms. The molecular weight excluding hydrogens is 214 g/mol. The maximum absolute atomic E-state index is 11.7. The van der Waals surface area contributed by atoms with Gasteiger partial charge in [-0.05, 0) is 37.5 Å². The first kappa shape index (κ1) is 13.6. The number of ether oxygens (including phenoxy) is 1. The van der Waals surface area contributed by atoms with Crippen molar-refractivity contribution in [3.05, 3.63) is 29.8 Å². The molecule has 0 unspecified atom stereocenters. The van der Waals surface area contributed by atoms with Gasteiger partial charge in [-0.15, -0.1) is 0 Å². The van der Waals surface area contributed by atoms with Gasteiger partial charge >= 0.3 is 0 Å². The lowest BCUT2D eigenvalue weighted by Gasteiger charge is -2.15. The standard InChI is InChI=1S/C14H21NO2/c1-10(2)9-15-14(16)12(4)17-13-7-5-6-11(3)8-13/h5-8,10,12H,9H2,1-4H3,(H,15,16)/t12-/m1/s1. The molecule has 0 saturated heterocycles. The van der Waals surface area contributed by atoms with Crippen LogP contribution in [-0.4, -0.2) is 18.6 Å². The second-order valence-corrected chi connectivity index (χ2v) is 4.72. The van der Waals surface area contributed by atoms with Gasteiger partial charge < -0.3 is 10.1 Å². The Kier molecular flexibility index (Phi) is 5.01. The number of benzene rings is 1. The number of carbonyl (C=O) groups excluding carboxylic acids is 1. The number of amides is 1. The quantitative estimate of drug-likeness (QED) is 0.851. The van der Waals surface area contributed by atoms with E-state index in [1.54, 1.807) is 6.92 Å². The summed E-state index contributed by atoms with van der Waals surface area (Å²) in [5.41, 5.74) is 1.12. The Morgan fingerprint density at radius 1 is 1.35 bits per heavy atom. The van der Waals surface area contributed by atoms with Crippen LogP contribution in [-0.2, 0) is 4.79 Å². The average Bonchev–Trinajstić information content (AvgIpc) is 2.25. The highest BCUT2D eigenvalue weighted by Crippen LogP contribution is 2.14. The summed E-state index contributed by atoms with van der Waals surface area (Å²) in [4.78, 5) is 11.7. The van der Waals surface area contributed by atoms with Gasteiger partial charge in [-0.25, -0.2) is 0 Å². The van der Waals surface area contributed by atoms with E-state index in [0.29, 0.717) is 12.5 Å². The lowest BCUT2D eigenvalue weighted by Crippen LogP contribution is -2.38. The molecule has 0 radical (unpaired) electrons. The summed E-state index contributed by atoms with van der Waals surface area (Å²) in [6, 6.07) is 7.70. The minimum atomic E-state index is -0.462. The molecule has 1 N–H and O–H groups in total. The lowest BCUT2D eigenvalue weighted by molar-refractivity contribution is -0.127. The van der Waals surface area contributed by atoms with E-state index in [0.717, 1.165) is 11.3 Å². The monoisotopic (exact) mass is 235 g/mol. The number of hydrogen-bond donors (Lipinski definition) is 1. The Bertz CT molecular complexity index is 374. The van der Waals surface area contributed by atoms with Gasteiger partial charge in [0, 0.05) is 6.54 Å². The molecular formula is C14H21NO2. The van der Waals surface area contributed by atoms with E-state index in [1.807, 2.05) is 31.2 Å². The molecule has 0 spiro atoms. The average molecular weight is 235 g/mol. The fourth-order valence-electron chi connectivity index (χ4n) is 1.39. The predicted octanol–water partition coefficient (Wildman–Crippen LogP) is 2.53. The van der Waals surface area contributed by atoms with Crippen LogP contribution in [0.3, 0.4) is 0 Å². The van der Waals surface area contributed by atoms with Crippen LogP contribution in [0.2, 0.25) is 0 Å². The van der Waals surface area contributed by atoms with Gasteiger partial charge in [0.05, 0.1) is 0 Å². The third kappa shape index (κ3) is 4.89. The Hall–Kier alpha value is -1.51. The Morgan fingerprint density at radius 3 is 2.65 bits per heavy atom. The summed E-state index contributed by atoms with van der Waals surface area (Å²) in [6.07, 6.45) is -0.462. The molecule has 1 aromatic carbocycles. The van der Waals surface area contributed by atoms with Crippen molar-refractivity contribution in [3.8, 4) is 5.75 Å². The van der Waals surface area contributed by atoms with Crippen LogP contribution in [0.15, 0.2) is 24.3 Å². The van der Waals surface area contributed by atoms with Gasteiger partial charge in [-0.1, -0.05) is 26.0 Å². The van der Waals surface area contributed by atoms with Gasteiger partial charge in [0.2, 0.25) is 0 Å². The molecule has 94 valence electrons. The number of nitrogens with one attached hydrogen (secondary N) is 1. The maximum atomic E-state index is 11.7. The summed E-state index contributed by atoms with van der Waals surface area (Å²) >= 11 is 0. The molecule has 1 aromatic rings. The van der Waals surface area contributed by atoms with Crippen LogP contribution >= 0.6 is 0 Å². The number of rotatable bonds is 5. The normalized spacial score (nSPS) is 12.3. The van der Waals surface area contributed by atoms with Crippen LogP contribution in [0.1, 0.15) is 26.3 Å². The predicted molar refractivity (Wildman–Crippen MR) is 69.1 cm³/mol. The fourth-order valence-corrected chi connectivity index (χ4v) is 1.39. The molecule has 0 saturated carbocycles. The van der Waals surface area contributed by atoms with E-state index in [4.69, 9.17) is 4.74 Å². The zero-order valence-electron chi connectivity index (χ0n) is 11.0. The highest BCUT2D eigenvalue weighted by molar-refractivity contribution is 5.80. The summed E-state index contributed by atoms with van der Waals surface area (Å²) in [5, 5.41) is 2.85. The fraction of sp³-hybridized carbons (Fsp3) is 0.500. The maximum Gasteiger partial charge on any atom is 0.260 e. The van der Waals surface area contributed by atoms with Crippen LogP contribution in [0.5, 0.6) is 5.75 Å². The minimum Gasteiger partial charge on any atom is -0.481 e. The second-order valence-electron chi connectivity index (χ2n) is 4.72. The van der Waals surface area contributed by atoms with Crippen LogP contribution < -0.4 is 10.1 Å². The van der Waals surface area contributed by atoms with Crippen LogP contribution in [0.25, 0.3) is 0 Å². The van der Waals surface area contributed by atoms with Crippen LogP contribution in [0, 0.1) is 12.8 Å². The smallest absolute Gasteiger partial charge is 0.260 e. The van der Waals surface area contributed by atoms with Gasteiger partial charge in [-0.3, -0.25) is 4.79 Å². The van der Waals surface area contributed by atoms with Crippen molar-refractivity contribution >= 4 is 5.91 Å². The van der Waals surface area contributed by atoms with Crippen molar-refractivity contribution in [2.75, 3.05) is 6.54 Å². The zero-order valence-corrected chi connectivity index (χ0v) is 11.0. The second kappa shape index (κ2) is 6.28. The molecule has 0 fully saturated rings. The van der Waals surface area contributed by atoms with E-state index in [9.17, 15) is 4.79 Å². The molecule has 3 nitrogen and oxygen atoms in total. The van der Waals surface area contributed by atoms with E-state index >= 15 is 0 Å². The van der Waals surface area contributed by atoms with Crippen molar-refractivity contribution in [2.45, 2.75) is 33.8 Å². The molecule has 1 rings (SSSR count). The van der Waals surface area contributed by atoms with E-state index in [2.05, 4.69) is 19.2 Å². The van der Waals surface area contributed by atoms with Gasteiger partial charge in [-0.2, -0.15) is 0 Å². The van der Waals surface area contributed by atoms with Crippen molar-refractivity contribution in [3.63, 3.8) is 0 Å². The van der Waals surface area contributed by atoms with Gasteiger partial charge in [0.1, 0.15) is 5.75 Å². The van der Waals surface area contributed by atoms with Crippen molar-refractivity contribution in [2.24, 2.45) is 5.92 Å². The summed E-state index contributed by atoms with van der Waals surface area (Å²) < 4.78 is 5.58. The Labute approximate surface area is 103 Å². The first-order valence-corrected chi connectivity index (χ1v) is 6.00. The molecule has 0 bridgehead atoms. The molecule has 0 aromatic heterocycles. The highest BCUT2D eigenvalue weighted by Gasteiger charge is 2.14. The van der Waals surface area contributed by atoms with Crippen molar-refractivity contribution < 1.29 is 9.53 Å². The number of aryl methyl sites for hydroxylation is 1.